The molecule has 0 aromatic heterocycles. The average molecular weight is 533 g/mol. The van der Waals surface area contributed by atoms with Gasteiger partial charge in [0.15, 0.2) is 0 Å². The van der Waals surface area contributed by atoms with Gasteiger partial charge in [-0.3, -0.25) is 0 Å². The van der Waals surface area contributed by atoms with Gasteiger partial charge in [-0.2, -0.15) is 0 Å². The van der Waals surface area contributed by atoms with E-state index in [9.17, 15) is 4.39 Å². The van der Waals surface area contributed by atoms with E-state index in [1.165, 1.54) is 6.42 Å². The summed E-state index contributed by atoms with van der Waals surface area (Å²) in [4.78, 5) is 9.20. The number of hydrogen-bond donors (Lipinski definition) is 2. The number of aryl methyl sites for hydroxylation is 1. The molecular formula is C30H46ClFN4O. The minimum Gasteiger partial charge on any atom is -0.400 e. The van der Waals surface area contributed by atoms with Crippen LogP contribution in [0.3, 0.4) is 0 Å². The van der Waals surface area contributed by atoms with E-state index < -0.39 is 0 Å². The Hall–Kier alpha value is -2.41. The predicted molar refractivity (Wildman–Crippen MR) is 160 cm³/mol. The number of anilines is 1. The molecular weight excluding hydrogens is 487 g/mol. The van der Waals surface area contributed by atoms with Gasteiger partial charge in [-0.15, -0.1) is 0 Å². The molecule has 0 saturated carbocycles. The maximum absolute atomic E-state index is 15.0. The van der Waals surface area contributed by atoms with Crippen LogP contribution in [0.25, 0.3) is 11.1 Å². The zero-order chi connectivity index (χ0) is 28.0. The van der Waals surface area contributed by atoms with Crippen LogP contribution in [0.15, 0.2) is 42.0 Å². The minimum atomic E-state index is -0.257. The highest BCUT2D eigenvalue weighted by Gasteiger charge is 2.26. The first-order chi connectivity index (χ1) is 17.8. The summed E-state index contributed by atoms with van der Waals surface area (Å²) in [5.74, 6) is 0.604. The Balaban J connectivity index is 0.00000127. The molecule has 2 N–H and O–H groups in total. The maximum Gasteiger partial charge on any atom is 0.138 e. The third-order valence-corrected chi connectivity index (χ3v) is 6.29. The summed E-state index contributed by atoms with van der Waals surface area (Å²) < 4.78 is 15.0. The van der Waals surface area contributed by atoms with Crippen molar-refractivity contribution in [3.8, 4) is 11.1 Å². The number of aliphatic imine (C=N–C) groups is 1. The van der Waals surface area contributed by atoms with Crippen LogP contribution in [0.1, 0.15) is 56.7 Å². The van der Waals surface area contributed by atoms with Gasteiger partial charge in [0.05, 0.1) is 5.69 Å². The summed E-state index contributed by atoms with van der Waals surface area (Å²) >= 11 is 6.85. The minimum absolute atomic E-state index is 0.257. The van der Waals surface area contributed by atoms with E-state index in [-0.39, 0.29) is 5.82 Å². The first-order valence-electron chi connectivity index (χ1n) is 13.2. The number of nitrogens with one attached hydrogen (secondary N) is 1. The standard InChI is InChI=1S/C26H34ClFN4.C3H8.CH4O/c1-6-8-13-31(5)25-19(4)24(20-10-9-18(3)16-23(20)28)22(27)17-21(25)26(30-7-2)32-14-11-29-12-15-32;1-3-2;1-2/h7,9-10,16-17,29H,2,6,8,11-15H2,1,3-5H3;3H2,1-2H3;2H,1H3. The molecule has 206 valence electrons. The molecule has 1 fully saturated rings. The second kappa shape index (κ2) is 17.2. The zero-order valence-corrected chi connectivity index (χ0v) is 24.6. The molecule has 2 aromatic carbocycles. The summed E-state index contributed by atoms with van der Waals surface area (Å²) in [5.41, 5.74) is 5.11. The number of rotatable bonds is 7. The van der Waals surface area contributed by atoms with E-state index in [1.54, 1.807) is 12.3 Å². The number of aliphatic hydroxyl groups excluding tert-OH is 1. The highest BCUT2D eigenvalue weighted by atomic mass is 35.5. The zero-order valence-electron chi connectivity index (χ0n) is 23.8. The number of nitrogens with zero attached hydrogens (tertiary/aromatic N) is 3. The van der Waals surface area contributed by atoms with Crippen molar-refractivity contribution in [2.45, 2.75) is 53.9 Å². The van der Waals surface area contributed by atoms with Gasteiger partial charge in [-0.1, -0.05) is 63.9 Å². The fraction of sp³-hybridized carbons (Fsp3) is 0.500. The molecule has 0 aliphatic carbocycles. The first kappa shape index (κ1) is 32.6. The second-order valence-electron chi connectivity index (χ2n) is 9.09. The van der Waals surface area contributed by atoms with E-state index in [2.05, 4.69) is 54.5 Å². The Labute approximate surface area is 229 Å². The molecule has 0 bridgehead atoms. The third kappa shape index (κ3) is 8.84. The highest BCUT2D eigenvalue weighted by molar-refractivity contribution is 6.34. The molecule has 1 saturated heterocycles. The van der Waals surface area contributed by atoms with Crippen molar-refractivity contribution in [1.82, 2.24) is 10.2 Å². The van der Waals surface area contributed by atoms with Gasteiger partial charge in [-0.05, 0) is 43.5 Å². The van der Waals surface area contributed by atoms with Crippen LogP contribution in [0.4, 0.5) is 10.1 Å². The van der Waals surface area contributed by atoms with E-state index in [4.69, 9.17) is 16.7 Å². The van der Waals surface area contributed by atoms with Gasteiger partial charge in [-0.25, -0.2) is 9.38 Å². The monoisotopic (exact) mass is 532 g/mol. The molecule has 1 aliphatic rings. The van der Waals surface area contributed by atoms with E-state index in [0.29, 0.717) is 10.6 Å². The molecule has 0 amide bonds. The lowest BCUT2D eigenvalue weighted by Crippen LogP contribution is -2.47. The van der Waals surface area contributed by atoms with Crippen molar-refractivity contribution in [3.05, 3.63) is 64.6 Å². The molecule has 5 nitrogen and oxygen atoms in total. The van der Waals surface area contributed by atoms with Crippen LogP contribution in [0.2, 0.25) is 5.02 Å². The first-order valence-corrected chi connectivity index (χ1v) is 13.6. The topological polar surface area (TPSA) is 51.1 Å². The molecule has 1 heterocycles. The van der Waals surface area contributed by atoms with Crippen LogP contribution < -0.4 is 10.2 Å². The van der Waals surface area contributed by atoms with Gasteiger partial charge in [0.2, 0.25) is 0 Å². The largest absolute Gasteiger partial charge is 0.400 e. The molecule has 37 heavy (non-hydrogen) atoms. The summed E-state index contributed by atoms with van der Waals surface area (Å²) in [6, 6.07) is 7.26. The van der Waals surface area contributed by atoms with Crippen molar-refractivity contribution in [2.75, 3.05) is 51.8 Å². The van der Waals surface area contributed by atoms with Crippen molar-refractivity contribution in [3.63, 3.8) is 0 Å². The number of aliphatic hydroxyl groups is 1. The summed E-state index contributed by atoms with van der Waals surface area (Å²) in [5, 5.41) is 10.9. The fourth-order valence-electron chi connectivity index (χ4n) is 4.37. The highest BCUT2D eigenvalue weighted by Crippen LogP contribution is 2.41. The van der Waals surface area contributed by atoms with Gasteiger partial charge in [0, 0.05) is 74.8 Å². The number of halogens is 2. The Morgan fingerprint density at radius 2 is 1.81 bits per heavy atom. The lowest BCUT2D eigenvalue weighted by Gasteiger charge is -2.34. The molecule has 1 aliphatic heterocycles. The lowest BCUT2D eigenvalue weighted by molar-refractivity contribution is 0.358. The molecule has 0 unspecified atom stereocenters. The Bertz CT molecular complexity index is 1020. The van der Waals surface area contributed by atoms with Crippen LogP contribution in [-0.2, 0) is 0 Å². The number of benzene rings is 2. The predicted octanol–water partition coefficient (Wildman–Crippen LogP) is 6.82. The SMILES string of the molecule is C=CN=C(c1cc(Cl)c(-c2ccc(C)cc2F)c(C)c1N(C)CCCC)N1CCNCC1.CCC.CO. The molecule has 0 atom stereocenters. The van der Waals surface area contributed by atoms with Crippen molar-refractivity contribution in [1.29, 1.82) is 0 Å². The van der Waals surface area contributed by atoms with E-state index in [0.717, 1.165) is 86.5 Å². The molecule has 0 spiro atoms. The van der Waals surface area contributed by atoms with Gasteiger partial charge in [0.1, 0.15) is 11.7 Å². The van der Waals surface area contributed by atoms with Crippen LogP contribution in [0, 0.1) is 19.7 Å². The summed E-state index contributed by atoms with van der Waals surface area (Å²) in [6.07, 6.45) is 4.99. The summed E-state index contributed by atoms with van der Waals surface area (Å²) in [7, 11) is 3.09. The molecule has 2 aromatic rings. The second-order valence-corrected chi connectivity index (χ2v) is 9.50. The summed E-state index contributed by atoms with van der Waals surface area (Å²) in [6.45, 7) is 18.6. The maximum atomic E-state index is 15.0. The molecule has 3 rings (SSSR count). The number of amidine groups is 1. The third-order valence-electron chi connectivity index (χ3n) is 5.99. The Morgan fingerprint density at radius 1 is 1.19 bits per heavy atom. The van der Waals surface area contributed by atoms with Crippen LogP contribution in [-0.4, -0.2) is 62.7 Å². The van der Waals surface area contributed by atoms with Crippen molar-refractivity contribution in [2.24, 2.45) is 4.99 Å². The number of unbranched alkanes of at least 4 members (excludes halogenated alkanes) is 1. The lowest BCUT2D eigenvalue weighted by atomic mass is 9.93. The Kier molecular flexibility index (Phi) is 15.1. The van der Waals surface area contributed by atoms with Gasteiger partial charge in [0.25, 0.3) is 0 Å². The van der Waals surface area contributed by atoms with Gasteiger partial charge >= 0.3 is 0 Å². The van der Waals surface area contributed by atoms with Crippen LogP contribution in [0.5, 0.6) is 0 Å². The number of piperazine rings is 1. The molecule has 7 heteroatoms. The normalized spacial score (nSPS) is 13.2. The van der Waals surface area contributed by atoms with Gasteiger partial charge < -0.3 is 20.2 Å². The quantitative estimate of drug-likeness (QED) is 0.303. The number of hydrogen-bond acceptors (Lipinski definition) is 4. The Morgan fingerprint density at radius 3 is 2.35 bits per heavy atom. The average Bonchev–Trinajstić information content (AvgIpc) is 2.89. The van der Waals surface area contributed by atoms with E-state index >= 15 is 0 Å². The van der Waals surface area contributed by atoms with Crippen molar-refractivity contribution >= 4 is 23.1 Å². The molecule has 0 radical (unpaired) electrons. The van der Waals surface area contributed by atoms with Crippen LogP contribution >= 0.6 is 11.6 Å². The smallest absolute Gasteiger partial charge is 0.138 e. The van der Waals surface area contributed by atoms with E-state index in [1.807, 2.05) is 32.0 Å². The fourth-order valence-corrected chi connectivity index (χ4v) is 4.73. The van der Waals surface area contributed by atoms with Crippen molar-refractivity contribution < 1.29 is 9.50 Å².